The number of halogens is 1. The molecule has 0 fully saturated rings. The lowest BCUT2D eigenvalue weighted by atomic mass is 10.1. The third kappa shape index (κ3) is 4.43. The van der Waals surface area contributed by atoms with Crippen LogP contribution in [0, 0.1) is 27.7 Å². The largest absolute Gasteiger partial charge is 0.269 e. The van der Waals surface area contributed by atoms with E-state index in [0.29, 0.717) is 0 Å². The highest BCUT2D eigenvalue weighted by Crippen LogP contribution is 2.19. The first-order valence-electron chi connectivity index (χ1n) is 7.31. The van der Waals surface area contributed by atoms with E-state index in [4.69, 9.17) is 0 Å². The van der Waals surface area contributed by atoms with Gasteiger partial charge in [-0.15, -0.1) is 0 Å². The summed E-state index contributed by atoms with van der Waals surface area (Å²) in [5, 5.41) is 8.70. The molecule has 0 spiro atoms. The molecule has 2 aromatic heterocycles. The highest BCUT2D eigenvalue weighted by Gasteiger charge is 2.15. The first kappa shape index (κ1) is 18.0. The van der Waals surface area contributed by atoms with Gasteiger partial charge in [0.05, 0.1) is 21.4 Å². The van der Waals surface area contributed by atoms with E-state index in [1.807, 2.05) is 18.5 Å². The van der Waals surface area contributed by atoms with Crippen molar-refractivity contribution in [2.45, 2.75) is 67.5 Å². The molecule has 0 aliphatic carbocycles. The molecule has 2 aromatic rings. The zero-order chi connectivity index (χ0) is 16.4. The summed E-state index contributed by atoms with van der Waals surface area (Å²) >= 11 is 3.46. The molecule has 0 amide bonds. The molecule has 0 aromatic carbocycles. The summed E-state index contributed by atoms with van der Waals surface area (Å²) in [7, 11) is 0. The number of rotatable bonds is 1. The minimum Gasteiger partial charge on any atom is -0.269 e. The van der Waals surface area contributed by atoms with Crippen molar-refractivity contribution in [2.24, 2.45) is 0 Å². The van der Waals surface area contributed by atoms with Gasteiger partial charge in [0, 0.05) is 17.9 Å². The Morgan fingerprint density at radius 1 is 1.10 bits per heavy atom. The fraction of sp³-hybridized carbons (Fsp3) is 0.625. The van der Waals surface area contributed by atoms with Crippen LogP contribution in [-0.4, -0.2) is 19.6 Å². The molecule has 0 saturated heterocycles. The van der Waals surface area contributed by atoms with E-state index in [2.05, 4.69) is 78.4 Å². The van der Waals surface area contributed by atoms with Crippen LogP contribution in [0.1, 0.15) is 50.5 Å². The van der Waals surface area contributed by atoms with E-state index in [0.717, 1.165) is 22.4 Å². The Balaban J connectivity index is 0.000000211. The molecule has 118 valence electrons. The molecule has 2 rings (SSSR count). The Hall–Kier alpha value is -1.10. The minimum absolute atomic E-state index is 0.109. The molecule has 4 nitrogen and oxygen atoms in total. The van der Waals surface area contributed by atoms with Crippen molar-refractivity contribution in [1.82, 2.24) is 19.6 Å². The van der Waals surface area contributed by atoms with Crippen molar-refractivity contribution < 1.29 is 0 Å². The lowest BCUT2D eigenvalue weighted by Gasteiger charge is -2.21. The quantitative estimate of drug-likeness (QED) is 0.753. The number of aryl methyl sites for hydroxylation is 4. The first-order valence-corrected chi connectivity index (χ1v) is 8.10. The van der Waals surface area contributed by atoms with Crippen LogP contribution < -0.4 is 0 Å². The summed E-state index contributed by atoms with van der Waals surface area (Å²) in [6.45, 7) is 17.7. The van der Waals surface area contributed by atoms with Crippen molar-refractivity contribution in [1.29, 1.82) is 0 Å². The van der Waals surface area contributed by atoms with Crippen molar-refractivity contribution in [3.05, 3.63) is 33.3 Å². The van der Waals surface area contributed by atoms with Crippen molar-refractivity contribution in [3.63, 3.8) is 0 Å². The standard InChI is InChI=1S/C9H16N2.C7H11BrN2/c1-7-6-8(2)11(10-7)9(3,4)5;1-4-10-6(3)7(8)5(2)9-10/h6H,1-5H3;4H2,1-3H3. The summed E-state index contributed by atoms with van der Waals surface area (Å²) in [4.78, 5) is 0. The molecular weight excluding hydrogens is 328 g/mol. The summed E-state index contributed by atoms with van der Waals surface area (Å²) in [6.07, 6.45) is 0. The summed E-state index contributed by atoms with van der Waals surface area (Å²) in [6, 6.07) is 2.10. The zero-order valence-corrected chi connectivity index (χ0v) is 16.0. The molecule has 0 bridgehead atoms. The third-order valence-corrected chi connectivity index (χ3v) is 4.39. The lowest BCUT2D eigenvalue weighted by molar-refractivity contribution is 0.346. The molecule has 5 heteroatoms. The number of aromatic nitrogens is 4. The predicted octanol–water partition coefficient (Wildman–Crippen LogP) is 4.54. The van der Waals surface area contributed by atoms with Crippen LogP contribution in [0.4, 0.5) is 0 Å². The van der Waals surface area contributed by atoms with Crippen LogP contribution in [-0.2, 0) is 12.1 Å². The van der Waals surface area contributed by atoms with Gasteiger partial charge in [0.1, 0.15) is 0 Å². The van der Waals surface area contributed by atoms with Gasteiger partial charge >= 0.3 is 0 Å². The summed E-state index contributed by atoms with van der Waals surface area (Å²) in [5.74, 6) is 0. The van der Waals surface area contributed by atoms with Gasteiger partial charge in [0.15, 0.2) is 0 Å². The highest BCUT2D eigenvalue weighted by molar-refractivity contribution is 9.10. The van der Waals surface area contributed by atoms with Gasteiger partial charge in [-0.3, -0.25) is 9.36 Å². The Kier molecular flexibility index (Phi) is 5.79. The first-order chi connectivity index (χ1) is 9.57. The van der Waals surface area contributed by atoms with Crippen LogP contribution >= 0.6 is 15.9 Å². The average molecular weight is 355 g/mol. The van der Waals surface area contributed by atoms with Gasteiger partial charge in [-0.05, 0) is 77.4 Å². The Morgan fingerprint density at radius 3 is 1.86 bits per heavy atom. The van der Waals surface area contributed by atoms with Crippen molar-refractivity contribution >= 4 is 15.9 Å². The number of hydrogen-bond acceptors (Lipinski definition) is 2. The van der Waals surface area contributed by atoms with Gasteiger partial charge < -0.3 is 0 Å². The maximum atomic E-state index is 4.40. The van der Waals surface area contributed by atoms with Crippen LogP contribution in [0.15, 0.2) is 10.5 Å². The number of hydrogen-bond donors (Lipinski definition) is 0. The molecular formula is C16H27BrN4. The Labute approximate surface area is 136 Å². The van der Waals surface area contributed by atoms with Crippen LogP contribution in [0.25, 0.3) is 0 Å². The van der Waals surface area contributed by atoms with Crippen LogP contribution in [0.5, 0.6) is 0 Å². The Morgan fingerprint density at radius 2 is 1.67 bits per heavy atom. The van der Waals surface area contributed by atoms with E-state index in [-0.39, 0.29) is 5.54 Å². The van der Waals surface area contributed by atoms with E-state index in [1.165, 1.54) is 11.4 Å². The predicted molar refractivity (Wildman–Crippen MR) is 91.8 cm³/mol. The fourth-order valence-corrected chi connectivity index (χ4v) is 2.57. The van der Waals surface area contributed by atoms with Gasteiger partial charge in [0.25, 0.3) is 0 Å². The molecule has 0 unspecified atom stereocenters. The fourth-order valence-electron chi connectivity index (χ4n) is 2.29. The lowest BCUT2D eigenvalue weighted by Crippen LogP contribution is -2.24. The van der Waals surface area contributed by atoms with Crippen LogP contribution in [0.3, 0.4) is 0 Å². The normalized spacial score (nSPS) is 11.3. The van der Waals surface area contributed by atoms with Crippen LogP contribution in [0.2, 0.25) is 0 Å². The monoisotopic (exact) mass is 354 g/mol. The highest BCUT2D eigenvalue weighted by atomic mass is 79.9. The van der Waals surface area contributed by atoms with E-state index >= 15 is 0 Å². The smallest absolute Gasteiger partial charge is 0.0738 e. The molecule has 0 aliphatic rings. The molecule has 0 radical (unpaired) electrons. The molecule has 0 saturated carbocycles. The minimum atomic E-state index is 0.109. The number of nitrogens with zero attached hydrogens (tertiary/aromatic N) is 4. The van der Waals surface area contributed by atoms with E-state index in [1.54, 1.807) is 0 Å². The summed E-state index contributed by atoms with van der Waals surface area (Å²) < 4.78 is 5.18. The van der Waals surface area contributed by atoms with Crippen molar-refractivity contribution in [3.8, 4) is 0 Å². The van der Waals surface area contributed by atoms with E-state index in [9.17, 15) is 0 Å². The molecule has 0 atom stereocenters. The molecule has 0 N–H and O–H groups in total. The second-order valence-electron chi connectivity index (χ2n) is 6.31. The average Bonchev–Trinajstić information content (AvgIpc) is 2.84. The maximum Gasteiger partial charge on any atom is 0.0738 e. The molecule has 2 heterocycles. The molecule has 21 heavy (non-hydrogen) atoms. The maximum absolute atomic E-state index is 4.40. The Bertz CT molecular complexity index is 603. The zero-order valence-electron chi connectivity index (χ0n) is 14.5. The van der Waals surface area contributed by atoms with Gasteiger partial charge in [-0.2, -0.15) is 10.2 Å². The second-order valence-corrected chi connectivity index (χ2v) is 7.10. The van der Waals surface area contributed by atoms with Gasteiger partial charge in [0.2, 0.25) is 0 Å². The SMILES string of the molecule is CCn1nc(C)c(Br)c1C.Cc1cc(C)n(C(C)(C)C)n1. The summed E-state index contributed by atoms with van der Waals surface area (Å²) in [5.41, 5.74) is 4.71. The van der Waals surface area contributed by atoms with Gasteiger partial charge in [-0.25, -0.2) is 0 Å². The van der Waals surface area contributed by atoms with Gasteiger partial charge in [-0.1, -0.05) is 0 Å². The van der Waals surface area contributed by atoms with E-state index < -0.39 is 0 Å². The molecule has 0 aliphatic heterocycles. The third-order valence-electron chi connectivity index (χ3n) is 3.24. The topological polar surface area (TPSA) is 35.6 Å². The van der Waals surface area contributed by atoms with Crippen molar-refractivity contribution in [2.75, 3.05) is 0 Å². The second kappa shape index (κ2) is 6.77.